The van der Waals surface area contributed by atoms with Crippen LogP contribution in [0.25, 0.3) is 10.2 Å². The molecule has 152 valence electrons. The van der Waals surface area contributed by atoms with E-state index in [1.54, 1.807) is 43.5 Å². The first kappa shape index (κ1) is 20.3. The molecule has 30 heavy (non-hydrogen) atoms. The molecule has 8 heteroatoms. The van der Waals surface area contributed by atoms with Crippen LogP contribution in [0.4, 0.5) is 5.13 Å². The Kier molecular flexibility index (Phi) is 5.96. The lowest BCUT2D eigenvalue weighted by Crippen LogP contribution is -2.30. The third-order valence-corrected chi connectivity index (χ3v) is 5.99. The molecule has 0 aliphatic rings. The van der Waals surface area contributed by atoms with Crippen LogP contribution < -0.4 is 14.4 Å². The number of hydrogen-bond acceptors (Lipinski definition) is 6. The molecule has 0 saturated carbocycles. The van der Waals surface area contributed by atoms with Gasteiger partial charge in [-0.2, -0.15) is 0 Å². The average Bonchev–Trinajstić information content (AvgIpc) is 3.20. The number of benzene rings is 2. The van der Waals surface area contributed by atoms with Gasteiger partial charge in [-0.25, -0.2) is 4.98 Å². The Morgan fingerprint density at radius 1 is 1.07 bits per heavy atom. The molecule has 2 aromatic heterocycles. The molecule has 0 bridgehead atoms. The van der Waals surface area contributed by atoms with Gasteiger partial charge in [0, 0.05) is 22.3 Å². The first-order valence-electron chi connectivity index (χ1n) is 9.08. The Balaban J connectivity index is 1.79. The molecule has 1 amide bonds. The molecule has 0 unspecified atom stereocenters. The van der Waals surface area contributed by atoms with Crippen LogP contribution in [0.5, 0.6) is 11.5 Å². The molecule has 2 heterocycles. The maximum absolute atomic E-state index is 13.6. The number of rotatable bonds is 6. The highest BCUT2D eigenvalue weighted by Crippen LogP contribution is 2.33. The first-order valence-corrected chi connectivity index (χ1v) is 10.7. The molecular formula is C22H18BrN3O3S. The fraction of sp³-hybridized carbons (Fsp3) is 0.136. The number of hydrogen-bond donors (Lipinski definition) is 0. The first-order chi connectivity index (χ1) is 14.6. The van der Waals surface area contributed by atoms with Crippen molar-refractivity contribution in [3.63, 3.8) is 0 Å². The van der Waals surface area contributed by atoms with Gasteiger partial charge in [-0.3, -0.25) is 14.7 Å². The predicted octanol–water partition coefficient (Wildman–Crippen LogP) is 5.32. The van der Waals surface area contributed by atoms with Gasteiger partial charge in [0.2, 0.25) is 0 Å². The third-order valence-electron chi connectivity index (χ3n) is 4.46. The third kappa shape index (κ3) is 4.29. The SMILES string of the molecule is COc1cc(OC)cc(C(=O)N(Cc2ccccn2)c2nc3ccc(Br)cc3s2)c1. The summed E-state index contributed by atoms with van der Waals surface area (Å²) < 4.78 is 12.6. The maximum atomic E-state index is 13.6. The zero-order valence-corrected chi connectivity index (χ0v) is 18.7. The van der Waals surface area contributed by atoms with Crippen LogP contribution in [0, 0.1) is 0 Å². The topological polar surface area (TPSA) is 64.6 Å². The van der Waals surface area contributed by atoms with Crippen molar-refractivity contribution >= 4 is 48.5 Å². The number of ether oxygens (including phenoxy) is 2. The lowest BCUT2D eigenvalue weighted by molar-refractivity contribution is 0.0984. The summed E-state index contributed by atoms with van der Waals surface area (Å²) in [5, 5.41) is 0.598. The Labute approximate surface area is 186 Å². The monoisotopic (exact) mass is 483 g/mol. The Bertz CT molecular complexity index is 1170. The van der Waals surface area contributed by atoms with Crippen molar-refractivity contribution in [3.8, 4) is 11.5 Å². The molecule has 0 N–H and O–H groups in total. The Morgan fingerprint density at radius 2 is 1.83 bits per heavy atom. The zero-order valence-electron chi connectivity index (χ0n) is 16.3. The van der Waals surface area contributed by atoms with E-state index in [9.17, 15) is 4.79 Å². The van der Waals surface area contributed by atoms with Crippen LogP contribution >= 0.6 is 27.3 Å². The minimum Gasteiger partial charge on any atom is -0.497 e. The van der Waals surface area contributed by atoms with Gasteiger partial charge in [-0.15, -0.1) is 0 Å². The predicted molar refractivity (Wildman–Crippen MR) is 122 cm³/mol. The summed E-state index contributed by atoms with van der Waals surface area (Å²) in [4.78, 5) is 24.3. The number of aromatic nitrogens is 2. The second-order valence-corrected chi connectivity index (χ2v) is 8.35. The molecule has 0 radical (unpaired) electrons. The Morgan fingerprint density at radius 3 is 2.50 bits per heavy atom. The van der Waals surface area contributed by atoms with Gasteiger partial charge in [0.15, 0.2) is 5.13 Å². The van der Waals surface area contributed by atoms with Gasteiger partial charge < -0.3 is 9.47 Å². The van der Waals surface area contributed by atoms with Gasteiger partial charge >= 0.3 is 0 Å². The van der Waals surface area contributed by atoms with E-state index in [1.165, 1.54) is 11.3 Å². The minimum atomic E-state index is -0.212. The van der Waals surface area contributed by atoms with Crippen LogP contribution in [0.2, 0.25) is 0 Å². The molecule has 4 rings (SSSR count). The highest BCUT2D eigenvalue weighted by molar-refractivity contribution is 9.10. The van der Waals surface area contributed by atoms with Gasteiger partial charge in [0.25, 0.3) is 5.91 Å². The van der Waals surface area contributed by atoms with Crippen molar-refractivity contribution in [1.82, 2.24) is 9.97 Å². The number of carbonyl (C=O) groups excluding carboxylic acids is 1. The number of pyridine rings is 1. The van der Waals surface area contributed by atoms with E-state index < -0.39 is 0 Å². The summed E-state index contributed by atoms with van der Waals surface area (Å²) in [6, 6.07) is 16.6. The normalized spacial score (nSPS) is 10.8. The van der Waals surface area contributed by atoms with E-state index >= 15 is 0 Å². The highest BCUT2D eigenvalue weighted by Gasteiger charge is 2.23. The van der Waals surface area contributed by atoms with Crippen molar-refractivity contribution in [3.05, 3.63) is 76.5 Å². The quantitative estimate of drug-likeness (QED) is 0.371. The van der Waals surface area contributed by atoms with Crippen LogP contribution in [0.3, 0.4) is 0 Å². The van der Waals surface area contributed by atoms with Crippen molar-refractivity contribution < 1.29 is 14.3 Å². The molecule has 0 aliphatic heterocycles. The van der Waals surface area contributed by atoms with Gasteiger partial charge in [-0.1, -0.05) is 33.3 Å². The molecule has 0 aliphatic carbocycles. The summed E-state index contributed by atoms with van der Waals surface area (Å²) in [6.07, 6.45) is 1.71. The van der Waals surface area contributed by atoms with Gasteiger partial charge in [0.05, 0.1) is 36.7 Å². The van der Waals surface area contributed by atoms with Crippen molar-refractivity contribution in [2.75, 3.05) is 19.1 Å². The number of halogens is 1. The average molecular weight is 484 g/mol. The fourth-order valence-electron chi connectivity index (χ4n) is 2.97. The molecule has 0 atom stereocenters. The van der Waals surface area contributed by atoms with E-state index in [1.807, 2.05) is 36.4 Å². The molecular weight excluding hydrogens is 466 g/mol. The summed E-state index contributed by atoms with van der Waals surface area (Å²) in [5.74, 6) is 0.878. The van der Waals surface area contributed by atoms with Crippen LogP contribution in [0.15, 0.2) is 65.3 Å². The molecule has 4 aromatic rings. The fourth-order valence-corrected chi connectivity index (χ4v) is 4.48. The molecule has 6 nitrogen and oxygen atoms in total. The largest absolute Gasteiger partial charge is 0.497 e. The number of anilines is 1. The van der Waals surface area contributed by atoms with Gasteiger partial charge in [0.1, 0.15) is 11.5 Å². The number of amides is 1. The molecule has 2 aromatic carbocycles. The summed E-state index contributed by atoms with van der Waals surface area (Å²) in [6.45, 7) is 0.292. The minimum absolute atomic E-state index is 0.212. The number of nitrogens with zero attached hydrogens (tertiary/aromatic N) is 3. The Hall–Kier alpha value is -2.97. The lowest BCUT2D eigenvalue weighted by atomic mass is 10.1. The van der Waals surface area contributed by atoms with Crippen molar-refractivity contribution in [1.29, 1.82) is 0 Å². The number of thiazole rings is 1. The van der Waals surface area contributed by atoms with Crippen molar-refractivity contribution in [2.45, 2.75) is 6.54 Å². The van der Waals surface area contributed by atoms with E-state index in [-0.39, 0.29) is 5.91 Å². The summed E-state index contributed by atoms with van der Waals surface area (Å²) in [5.41, 5.74) is 2.05. The number of fused-ring (bicyclic) bond motifs is 1. The van der Waals surface area contributed by atoms with E-state index in [0.29, 0.717) is 28.7 Å². The highest BCUT2D eigenvalue weighted by atomic mass is 79.9. The lowest BCUT2D eigenvalue weighted by Gasteiger charge is -2.20. The zero-order chi connectivity index (χ0) is 21.1. The van der Waals surface area contributed by atoms with Crippen LogP contribution in [0.1, 0.15) is 16.1 Å². The summed E-state index contributed by atoms with van der Waals surface area (Å²) >= 11 is 4.95. The standard InChI is InChI=1S/C22H18BrN3O3S/c1-28-17-9-14(10-18(12-17)29-2)21(27)26(13-16-5-3-4-8-24-16)22-25-19-7-6-15(23)11-20(19)30-22/h3-12H,13H2,1-2H3. The van der Waals surface area contributed by atoms with E-state index in [2.05, 4.69) is 20.9 Å². The molecule has 0 fully saturated rings. The molecule has 0 spiro atoms. The number of methoxy groups -OCH3 is 2. The summed E-state index contributed by atoms with van der Waals surface area (Å²) in [7, 11) is 3.11. The number of carbonyl (C=O) groups is 1. The smallest absolute Gasteiger partial charge is 0.260 e. The second-order valence-electron chi connectivity index (χ2n) is 6.42. The van der Waals surface area contributed by atoms with Gasteiger partial charge in [-0.05, 0) is 42.5 Å². The van der Waals surface area contributed by atoms with E-state index in [0.717, 1.165) is 20.4 Å². The van der Waals surface area contributed by atoms with E-state index in [4.69, 9.17) is 14.5 Å². The second kappa shape index (κ2) is 8.81. The van der Waals surface area contributed by atoms with Crippen LogP contribution in [-0.4, -0.2) is 30.1 Å². The van der Waals surface area contributed by atoms with Crippen molar-refractivity contribution in [2.24, 2.45) is 0 Å². The van der Waals surface area contributed by atoms with Crippen LogP contribution in [-0.2, 0) is 6.54 Å². The maximum Gasteiger partial charge on any atom is 0.260 e. The molecule has 0 saturated heterocycles.